The van der Waals surface area contributed by atoms with Crippen LogP contribution < -0.4 is 24.0 Å². The molecule has 0 heterocycles. The van der Waals surface area contributed by atoms with E-state index < -0.39 is 0 Å². The number of allylic oxidation sites excluding steroid dienone is 2. The van der Waals surface area contributed by atoms with Gasteiger partial charge in [0, 0.05) is 13.2 Å². The Balaban J connectivity index is -0.000000980. The molecular weight excluding hydrogens is 335 g/mol. The van der Waals surface area contributed by atoms with Gasteiger partial charge in [0.1, 0.15) is 0 Å². The maximum Gasteiger partial charge on any atom is 2.00 e. The average Bonchev–Trinajstić information content (AvgIpc) is 2.26. The molecule has 0 radical (unpaired) electrons. The predicted molar refractivity (Wildman–Crippen MR) is 73.7 cm³/mol. The van der Waals surface area contributed by atoms with E-state index in [1.165, 1.54) is 32.1 Å². The minimum absolute atomic E-state index is 0. The third-order valence-electron chi connectivity index (χ3n) is 2.39. The molecule has 0 atom stereocenters. The summed E-state index contributed by atoms with van der Waals surface area (Å²) in [5.41, 5.74) is 0. The van der Waals surface area contributed by atoms with Crippen LogP contribution in [0.15, 0.2) is 12.2 Å². The molecule has 0 saturated carbocycles. The first-order valence-corrected chi connectivity index (χ1v) is 6.43. The van der Waals surface area contributed by atoms with Crippen LogP contribution in [0.3, 0.4) is 0 Å². The molecule has 0 aliphatic heterocycles. The van der Waals surface area contributed by atoms with Gasteiger partial charge in [-0.15, -0.1) is 6.08 Å². The summed E-state index contributed by atoms with van der Waals surface area (Å²) in [4.78, 5) is 0. The molecule has 0 aromatic heterocycles. The first-order chi connectivity index (χ1) is 7.41. The monoisotopic (exact) mass is 362 g/mol. The molecule has 0 aromatic carbocycles. The minimum Gasteiger partial charge on any atom is -1.00 e. The van der Waals surface area contributed by atoms with E-state index in [9.17, 15) is 0 Å². The first kappa shape index (κ1) is 23.3. The fourth-order valence-electron chi connectivity index (χ4n) is 1.45. The second kappa shape index (κ2) is 22.4. The van der Waals surface area contributed by atoms with E-state index in [-0.39, 0.29) is 47.0 Å². The average molecular weight is 363 g/mol. The molecule has 17 heavy (non-hydrogen) atoms. The Morgan fingerprint density at radius 2 is 1.59 bits per heavy atom. The third kappa shape index (κ3) is 22.8. The molecule has 0 aliphatic rings. The van der Waals surface area contributed by atoms with Crippen molar-refractivity contribution in [2.45, 2.75) is 58.3 Å². The zero-order valence-electron chi connectivity index (χ0n) is 11.4. The molecule has 0 aliphatic carbocycles. The standard InChI is InChI=1S/C14H27O.HI.Mg/c1-3-5-7-9-11-13-15-14-12-10-8-6-4-2;;/h5,7H,1,3-4,6,8-14H2,2H3;1H;/q-1;;+2/p-1/b7-5-;;. The van der Waals surface area contributed by atoms with Gasteiger partial charge in [0.15, 0.2) is 0 Å². The second-order valence-corrected chi connectivity index (χ2v) is 3.93. The van der Waals surface area contributed by atoms with Crippen molar-refractivity contribution in [3.05, 3.63) is 19.1 Å². The van der Waals surface area contributed by atoms with Crippen LogP contribution in [-0.2, 0) is 4.74 Å². The number of ether oxygens (including phenoxy) is 1. The van der Waals surface area contributed by atoms with Crippen molar-refractivity contribution in [3.8, 4) is 0 Å². The minimum atomic E-state index is 0. The van der Waals surface area contributed by atoms with E-state index in [2.05, 4.69) is 26.0 Å². The zero-order valence-corrected chi connectivity index (χ0v) is 15.0. The predicted octanol–water partition coefficient (Wildman–Crippen LogP) is 1.16. The van der Waals surface area contributed by atoms with Crippen LogP contribution in [-0.4, -0.2) is 36.3 Å². The first-order valence-electron chi connectivity index (χ1n) is 6.43. The molecule has 0 rings (SSSR count). The van der Waals surface area contributed by atoms with Crippen LogP contribution in [0.25, 0.3) is 0 Å². The van der Waals surface area contributed by atoms with Gasteiger partial charge < -0.3 is 35.6 Å². The van der Waals surface area contributed by atoms with E-state index >= 15 is 0 Å². The fraction of sp³-hybridized carbons (Fsp3) is 0.786. The summed E-state index contributed by atoms with van der Waals surface area (Å²) in [5, 5.41) is 0. The molecule has 0 fully saturated rings. The van der Waals surface area contributed by atoms with Crippen molar-refractivity contribution in [2.24, 2.45) is 0 Å². The van der Waals surface area contributed by atoms with Crippen LogP contribution in [0, 0.1) is 6.92 Å². The molecule has 0 bridgehead atoms. The Bertz CT molecular complexity index is 140. The quantitative estimate of drug-likeness (QED) is 0.176. The molecule has 0 N–H and O–H groups in total. The zero-order chi connectivity index (χ0) is 11.2. The largest absolute Gasteiger partial charge is 2.00 e. The Hall–Kier alpha value is 1.20. The van der Waals surface area contributed by atoms with Crippen LogP contribution >= 0.6 is 0 Å². The number of hydrogen-bond donors (Lipinski definition) is 0. The van der Waals surface area contributed by atoms with Gasteiger partial charge in [0.2, 0.25) is 0 Å². The van der Waals surface area contributed by atoms with Gasteiger partial charge in [-0.1, -0.05) is 38.7 Å². The SMILES string of the molecule is [CH2-]C/C=C\CCCOCCCCCCC.[I-].[Mg+2]. The van der Waals surface area contributed by atoms with Gasteiger partial charge in [0.25, 0.3) is 0 Å². The smallest absolute Gasteiger partial charge is 1.00 e. The Morgan fingerprint density at radius 3 is 2.24 bits per heavy atom. The summed E-state index contributed by atoms with van der Waals surface area (Å²) in [6, 6.07) is 0. The van der Waals surface area contributed by atoms with E-state index in [1.54, 1.807) is 0 Å². The molecule has 0 spiro atoms. The number of rotatable bonds is 11. The molecule has 3 heteroatoms. The van der Waals surface area contributed by atoms with Crippen molar-refractivity contribution >= 4 is 23.1 Å². The Morgan fingerprint density at radius 1 is 0.941 bits per heavy atom. The Kier molecular flexibility index (Phi) is 30.7. The van der Waals surface area contributed by atoms with Crippen LogP contribution in [0.1, 0.15) is 58.3 Å². The summed E-state index contributed by atoms with van der Waals surface area (Å²) in [6.45, 7) is 7.86. The summed E-state index contributed by atoms with van der Waals surface area (Å²) in [6.07, 6.45) is 14.1. The van der Waals surface area contributed by atoms with Gasteiger partial charge in [0.05, 0.1) is 0 Å². The molecular formula is C14H27IMgO. The number of halogens is 1. The number of unbranched alkanes of at least 4 members (excludes halogenated alkanes) is 5. The molecule has 1 nitrogen and oxygen atoms in total. The fourth-order valence-corrected chi connectivity index (χ4v) is 1.45. The molecule has 0 amide bonds. The van der Waals surface area contributed by atoms with E-state index in [0.29, 0.717) is 0 Å². The van der Waals surface area contributed by atoms with Gasteiger partial charge in [-0.2, -0.15) is 6.42 Å². The summed E-state index contributed by atoms with van der Waals surface area (Å²) >= 11 is 0. The topological polar surface area (TPSA) is 9.23 Å². The van der Waals surface area contributed by atoms with Crippen molar-refractivity contribution < 1.29 is 28.7 Å². The molecule has 98 valence electrons. The second-order valence-electron chi connectivity index (χ2n) is 3.93. The van der Waals surface area contributed by atoms with E-state index in [1.807, 2.05) is 0 Å². The van der Waals surface area contributed by atoms with E-state index in [4.69, 9.17) is 4.74 Å². The maximum atomic E-state index is 5.54. The third-order valence-corrected chi connectivity index (χ3v) is 2.39. The molecule has 0 aromatic rings. The molecule has 0 saturated heterocycles. The van der Waals surface area contributed by atoms with E-state index in [0.717, 1.165) is 32.5 Å². The van der Waals surface area contributed by atoms with Crippen LogP contribution in [0.5, 0.6) is 0 Å². The van der Waals surface area contributed by atoms with Crippen molar-refractivity contribution in [3.63, 3.8) is 0 Å². The summed E-state index contributed by atoms with van der Waals surface area (Å²) < 4.78 is 5.54. The number of hydrogen-bond acceptors (Lipinski definition) is 1. The molecule has 0 unspecified atom stereocenters. The summed E-state index contributed by atoms with van der Waals surface area (Å²) in [5.74, 6) is 0. The van der Waals surface area contributed by atoms with Gasteiger partial charge in [-0.05, 0) is 19.3 Å². The summed E-state index contributed by atoms with van der Waals surface area (Å²) in [7, 11) is 0. The Labute approximate surface area is 141 Å². The maximum absolute atomic E-state index is 5.54. The van der Waals surface area contributed by atoms with Gasteiger partial charge in [-0.25, -0.2) is 0 Å². The van der Waals surface area contributed by atoms with Gasteiger partial charge in [-0.3, -0.25) is 0 Å². The van der Waals surface area contributed by atoms with Crippen molar-refractivity contribution in [1.82, 2.24) is 0 Å². The van der Waals surface area contributed by atoms with Crippen molar-refractivity contribution in [2.75, 3.05) is 13.2 Å². The van der Waals surface area contributed by atoms with Crippen LogP contribution in [0.2, 0.25) is 0 Å². The van der Waals surface area contributed by atoms with Gasteiger partial charge >= 0.3 is 23.1 Å². The van der Waals surface area contributed by atoms with Crippen LogP contribution in [0.4, 0.5) is 0 Å². The van der Waals surface area contributed by atoms with Crippen molar-refractivity contribution in [1.29, 1.82) is 0 Å². The normalized spacial score (nSPS) is 10.0.